The fraction of sp³-hybridized carbons (Fsp3) is 0.962. The smallest absolute Gasteiger partial charge is 0.265 e. The van der Waals surface area contributed by atoms with Crippen LogP contribution in [0.3, 0.4) is 0 Å². The van der Waals surface area contributed by atoms with Crippen molar-refractivity contribution in [2.75, 3.05) is 38.6 Å². The first-order valence-corrected chi connectivity index (χ1v) is 15.0. The Hall–Kier alpha value is -0.540. The number of carbonyl (C=O) groups excluding carboxylic acids is 1. The van der Waals surface area contributed by atoms with Gasteiger partial charge in [-0.05, 0) is 85.9 Å². The standard InChI is InChI=1S/C16H27NO2.C10H16O4S/c18-15(11-17-1-3-19-4-2-17)16-8-12-5-13(9-16)7-14(6-12)10-16;1-9(2)7-3-4-10(9,8(11)5-7)6-15(12,13)14/h12-15,18H,1-11H2;7H,3-6H2,1-2H3,(H,12,13,14). The number of Topliss-reactive ketones (excluding diaryl/α,β-unsaturated/α-hetero) is 1. The Morgan fingerprint density at radius 2 is 1.62 bits per heavy atom. The molecule has 6 aliphatic carbocycles. The predicted molar refractivity (Wildman–Crippen MR) is 129 cm³/mol. The molecular formula is C26H43NO6S. The van der Waals surface area contributed by atoms with E-state index in [-0.39, 0.29) is 28.6 Å². The molecule has 3 atom stereocenters. The molecule has 7 rings (SSSR count). The van der Waals surface area contributed by atoms with Gasteiger partial charge >= 0.3 is 0 Å². The molecule has 0 amide bonds. The molecule has 0 radical (unpaired) electrons. The molecule has 1 heterocycles. The van der Waals surface area contributed by atoms with Crippen LogP contribution in [0.15, 0.2) is 0 Å². The highest BCUT2D eigenvalue weighted by molar-refractivity contribution is 7.85. The van der Waals surface area contributed by atoms with E-state index in [0.29, 0.717) is 12.8 Å². The van der Waals surface area contributed by atoms with Gasteiger partial charge in [0.05, 0.1) is 30.5 Å². The molecule has 7 nitrogen and oxygen atoms in total. The minimum atomic E-state index is -4.08. The van der Waals surface area contributed by atoms with Crippen LogP contribution < -0.4 is 0 Å². The Balaban J connectivity index is 0.000000146. The number of β-amino-alcohol motifs (C(OH)–C–C–N with tert-alkyl or cyclic N) is 1. The Morgan fingerprint density at radius 1 is 1.06 bits per heavy atom. The second kappa shape index (κ2) is 8.79. The number of hydrogen-bond donors (Lipinski definition) is 2. The summed E-state index contributed by atoms with van der Waals surface area (Å²) >= 11 is 0. The van der Waals surface area contributed by atoms with Crippen LogP contribution in [0, 0.1) is 39.9 Å². The number of fused-ring (bicyclic) bond motifs is 2. The van der Waals surface area contributed by atoms with Crippen LogP contribution in [-0.2, 0) is 19.6 Å². The topological polar surface area (TPSA) is 104 Å². The summed E-state index contributed by atoms with van der Waals surface area (Å²) in [5.74, 6) is 2.71. The number of aliphatic hydroxyl groups excluding tert-OH is 1. The van der Waals surface area contributed by atoms with Gasteiger partial charge in [0.1, 0.15) is 5.78 Å². The molecule has 0 aromatic rings. The van der Waals surface area contributed by atoms with Crippen molar-refractivity contribution < 1.29 is 27.6 Å². The van der Waals surface area contributed by atoms with Crippen molar-refractivity contribution in [3.63, 3.8) is 0 Å². The first-order chi connectivity index (χ1) is 15.9. The first-order valence-electron chi connectivity index (χ1n) is 13.4. The highest BCUT2D eigenvalue weighted by Gasteiger charge is 2.65. The number of rotatable bonds is 5. The zero-order valence-electron chi connectivity index (χ0n) is 20.9. The Kier molecular flexibility index (Phi) is 6.49. The van der Waals surface area contributed by atoms with Crippen molar-refractivity contribution >= 4 is 15.9 Å². The molecule has 3 unspecified atom stereocenters. The number of ether oxygens (including phenoxy) is 1. The van der Waals surface area contributed by atoms with Gasteiger partial charge in [0.25, 0.3) is 10.1 Å². The quantitative estimate of drug-likeness (QED) is 0.562. The average molecular weight is 498 g/mol. The molecule has 34 heavy (non-hydrogen) atoms. The number of ketones is 1. The summed E-state index contributed by atoms with van der Waals surface area (Å²) in [5.41, 5.74) is -0.835. The van der Waals surface area contributed by atoms with E-state index in [1.165, 1.54) is 38.5 Å². The molecule has 6 saturated carbocycles. The van der Waals surface area contributed by atoms with Crippen molar-refractivity contribution in [1.82, 2.24) is 4.90 Å². The van der Waals surface area contributed by atoms with E-state index in [1.807, 2.05) is 13.8 Å². The molecule has 0 aromatic heterocycles. The minimum Gasteiger partial charge on any atom is -0.391 e. The molecule has 1 aliphatic heterocycles. The molecule has 6 bridgehead atoms. The molecule has 0 spiro atoms. The van der Waals surface area contributed by atoms with E-state index in [0.717, 1.165) is 57.0 Å². The zero-order chi connectivity index (χ0) is 24.4. The van der Waals surface area contributed by atoms with Crippen LogP contribution in [0.1, 0.15) is 71.6 Å². The average Bonchev–Trinajstić information content (AvgIpc) is 3.07. The van der Waals surface area contributed by atoms with Gasteiger partial charge in [-0.15, -0.1) is 0 Å². The maximum absolute atomic E-state index is 11.9. The molecule has 194 valence electrons. The lowest BCUT2D eigenvalue weighted by atomic mass is 9.48. The van der Waals surface area contributed by atoms with Gasteiger partial charge in [0.15, 0.2) is 0 Å². The van der Waals surface area contributed by atoms with Crippen molar-refractivity contribution in [3.05, 3.63) is 0 Å². The van der Waals surface area contributed by atoms with Crippen LogP contribution in [0.5, 0.6) is 0 Å². The van der Waals surface area contributed by atoms with Crippen LogP contribution >= 0.6 is 0 Å². The van der Waals surface area contributed by atoms with Crippen LogP contribution in [0.25, 0.3) is 0 Å². The molecule has 7 fully saturated rings. The fourth-order valence-corrected chi connectivity index (χ4v) is 10.5. The second-order valence-electron chi connectivity index (χ2n) is 13.1. The third-order valence-corrected chi connectivity index (χ3v) is 11.8. The van der Waals surface area contributed by atoms with Crippen molar-refractivity contribution in [2.45, 2.75) is 77.7 Å². The predicted octanol–water partition coefficient (Wildman–Crippen LogP) is 3.17. The normalized spacial score (nSPS) is 43.6. The summed E-state index contributed by atoms with van der Waals surface area (Å²) in [6.07, 6.45) is 10.2. The molecule has 7 aliphatic rings. The SMILES string of the molecule is CC1(C)C2CCC1(CS(=O)(=O)O)C(=O)C2.OC(CN1CCOCC1)C12CC3CC(CC(C3)C1)C2. The van der Waals surface area contributed by atoms with Gasteiger partial charge in [-0.2, -0.15) is 8.42 Å². The summed E-state index contributed by atoms with van der Waals surface area (Å²) in [6.45, 7) is 8.46. The van der Waals surface area contributed by atoms with Crippen LogP contribution in [-0.4, -0.2) is 73.5 Å². The summed E-state index contributed by atoms with van der Waals surface area (Å²) < 4.78 is 36.4. The maximum atomic E-state index is 11.9. The highest BCUT2D eigenvalue weighted by atomic mass is 32.2. The summed E-state index contributed by atoms with van der Waals surface area (Å²) in [4.78, 5) is 14.3. The summed E-state index contributed by atoms with van der Waals surface area (Å²) in [5, 5.41) is 10.9. The third kappa shape index (κ3) is 4.40. The van der Waals surface area contributed by atoms with E-state index in [2.05, 4.69) is 4.90 Å². The van der Waals surface area contributed by atoms with Crippen molar-refractivity contribution in [3.8, 4) is 0 Å². The molecule has 0 aromatic carbocycles. The first kappa shape index (κ1) is 25.1. The number of aliphatic hydroxyl groups is 1. The molecular weight excluding hydrogens is 454 g/mol. The van der Waals surface area contributed by atoms with Gasteiger partial charge in [-0.1, -0.05) is 13.8 Å². The number of carbonyl (C=O) groups is 1. The minimum absolute atomic E-state index is 0.0152. The van der Waals surface area contributed by atoms with Gasteiger partial charge in [0.2, 0.25) is 0 Å². The highest BCUT2D eigenvalue weighted by Crippen LogP contribution is 2.64. The summed E-state index contributed by atoms with van der Waals surface area (Å²) in [7, 11) is -4.08. The lowest BCUT2D eigenvalue weighted by Crippen LogP contribution is -2.55. The van der Waals surface area contributed by atoms with E-state index in [1.54, 1.807) is 0 Å². The second-order valence-corrected chi connectivity index (χ2v) is 14.6. The third-order valence-electron chi connectivity index (χ3n) is 10.9. The number of hydrogen-bond acceptors (Lipinski definition) is 6. The Morgan fingerprint density at radius 3 is 2.06 bits per heavy atom. The molecule has 2 N–H and O–H groups in total. The fourth-order valence-electron chi connectivity index (χ4n) is 9.23. The van der Waals surface area contributed by atoms with Gasteiger partial charge < -0.3 is 9.84 Å². The molecule has 1 saturated heterocycles. The maximum Gasteiger partial charge on any atom is 0.265 e. The largest absolute Gasteiger partial charge is 0.391 e. The Labute approximate surface area is 204 Å². The van der Waals surface area contributed by atoms with Gasteiger partial charge in [-0.3, -0.25) is 14.2 Å². The van der Waals surface area contributed by atoms with Crippen LogP contribution in [0.2, 0.25) is 0 Å². The number of nitrogens with zero attached hydrogens (tertiary/aromatic N) is 1. The lowest BCUT2D eigenvalue weighted by Gasteiger charge is -2.58. The van der Waals surface area contributed by atoms with Crippen LogP contribution in [0.4, 0.5) is 0 Å². The van der Waals surface area contributed by atoms with E-state index in [9.17, 15) is 18.3 Å². The monoisotopic (exact) mass is 497 g/mol. The van der Waals surface area contributed by atoms with E-state index >= 15 is 0 Å². The van der Waals surface area contributed by atoms with Crippen molar-refractivity contribution in [2.24, 2.45) is 39.9 Å². The number of morpholine rings is 1. The van der Waals surface area contributed by atoms with E-state index < -0.39 is 21.3 Å². The van der Waals surface area contributed by atoms with Gasteiger partial charge in [-0.25, -0.2) is 0 Å². The summed E-state index contributed by atoms with van der Waals surface area (Å²) in [6, 6.07) is 0. The van der Waals surface area contributed by atoms with Gasteiger partial charge in [0, 0.05) is 26.1 Å². The van der Waals surface area contributed by atoms with Crippen molar-refractivity contribution in [1.29, 1.82) is 0 Å². The van der Waals surface area contributed by atoms with E-state index in [4.69, 9.17) is 9.29 Å². The Bertz CT molecular complexity index is 860. The lowest BCUT2D eigenvalue weighted by molar-refractivity contribution is -0.130. The zero-order valence-corrected chi connectivity index (χ0v) is 21.7. The molecule has 8 heteroatoms.